The van der Waals surface area contributed by atoms with Crippen molar-refractivity contribution in [2.75, 3.05) is 13.1 Å². The molecule has 0 aromatic heterocycles. The maximum absolute atomic E-state index is 9.23. The quantitative estimate of drug-likeness (QED) is 0.684. The molecule has 3 nitrogen and oxygen atoms in total. The van der Waals surface area contributed by atoms with E-state index in [-0.39, 0.29) is 5.54 Å². The molecule has 3 atom stereocenters. The Morgan fingerprint density at radius 2 is 2.05 bits per heavy atom. The standard InChI is InChI=1S/C16H31N3/c1-5-15-10-9-14(3)19(15)12-8-7-11-16(4,13-17)18-6-2/h14-15,18H,5-12H2,1-4H3. The lowest BCUT2D eigenvalue weighted by atomic mass is 9.96. The van der Waals surface area contributed by atoms with Crippen molar-refractivity contribution in [1.82, 2.24) is 10.2 Å². The first-order chi connectivity index (χ1) is 9.06. The van der Waals surface area contributed by atoms with Crippen molar-refractivity contribution in [3.05, 3.63) is 0 Å². The molecule has 3 heteroatoms. The van der Waals surface area contributed by atoms with Crippen LogP contribution in [0.2, 0.25) is 0 Å². The first kappa shape index (κ1) is 16.5. The minimum atomic E-state index is -0.338. The zero-order valence-corrected chi connectivity index (χ0v) is 13.2. The normalized spacial score (nSPS) is 27.1. The summed E-state index contributed by atoms with van der Waals surface area (Å²) >= 11 is 0. The summed E-state index contributed by atoms with van der Waals surface area (Å²) in [5, 5.41) is 12.5. The average molecular weight is 265 g/mol. The third kappa shape index (κ3) is 4.78. The SMILES string of the molecule is CCNC(C)(C#N)CCCCN1C(C)CCC1CC. The Balaban J connectivity index is 2.28. The molecular weight excluding hydrogens is 234 g/mol. The number of nitriles is 1. The van der Waals surface area contributed by atoms with Gasteiger partial charge in [0.2, 0.25) is 0 Å². The van der Waals surface area contributed by atoms with Crippen LogP contribution in [0.5, 0.6) is 0 Å². The van der Waals surface area contributed by atoms with E-state index in [0.717, 1.165) is 31.5 Å². The zero-order chi connectivity index (χ0) is 14.3. The monoisotopic (exact) mass is 265 g/mol. The van der Waals surface area contributed by atoms with Crippen LogP contribution in [0.1, 0.15) is 66.2 Å². The Kier molecular flexibility index (Phi) is 6.82. The highest BCUT2D eigenvalue weighted by Crippen LogP contribution is 2.26. The third-order valence-corrected chi connectivity index (χ3v) is 4.58. The van der Waals surface area contributed by atoms with E-state index in [2.05, 4.69) is 37.1 Å². The largest absolute Gasteiger partial charge is 0.300 e. The molecule has 19 heavy (non-hydrogen) atoms. The Hall–Kier alpha value is -0.590. The first-order valence-corrected chi connectivity index (χ1v) is 7.98. The van der Waals surface area contributed by atoms with E-state index in [4.69, 9.17) is 0 Å². The summed E-state index contributed by atoms with van der Waals surface area (Å²) in [4.78, 5) is 2.68. The van der Waals surface area contributed by atoms with Crippen LogP contribution in [0.15, 0.2) is 0 Å². The molecule has 0 aliphatic carbocycles. The molecule has 0 radical (unpaired) electrons. The second-order valence-electron chi connectivity index (χ2n) is 6.16. The molecule has 1 rings (SSSR count). The van der Waals surface area contributed by atoms with Crippen LogP contribution in [-0.4, -0.2) is 35.6 Å². The lowest BCUT2D eigenvalue weighted by Crippen LogP contribution is -2.41. The maximum atomic E-state index is 9.23. The topological polar surface area (TPSA) is 39.1 Å². The van der Waals surface area contributed by atoms with Gasteiger partial charge < -0.3 is 0 Å². The van der Waals surface area contributed by atoms with Crippen molar-refractivity contribution in [3.63, 3.8) is 0 Å². The minimum absolute atomic E-state index is 0.338. The van der Waals surface area contributed by atoms with Gasteiger partial charge in [0.25, 0.3) is 0 Å². The van der Waals surface area contributed by atoms with Gasteiger partial charge in [-0.2, -0.15) is 5.26 Å². The summed E-state index contributed by atoms with van der Waals surface area (Å²) in [5.74, 6) is 0. The molecular formula is C16H31N3. The van der Waals surface area contributed by atoms with Crippen molar-refractivity contribution in [1.29, 1.82) is 5.26 Å². The van der Waals surface area contributed by atoms with Gasteiger partial charge in [0.05, 0.1) is 6.07 Å². The highest BCUT2D eigenvalue weighted by atomic mass is 15.2. The van der Waals surface area contributed by atoms with Crippen LogP contribution in [0.4, 0.5) is 0 Å². The average Bonchev–Trinajstić information content (AvgIpc) is 2.76. The van der Waals surface area contributed by atoms with Crippen LogP contribution in [0, 0.1) is 11.3 Å². The second-order valence-corrected chi connectivity index (χ2v) is 6.16. The van der Waals surface area contributed by atoms with Gasteiger partial charge >= 0.3 is 0 Å². The van der Waals surface area contributed by atoms with Crippen molar-refractivity contribution in [2.24, 2.45) is 0 Å². The molecule has 3 unspecified atom stereocenters. The second kappa shape index (κ2) is 7.87. The predicted octanol–water partition coefficient (Wildman–Crippen LogP) is 3.31. The molecule has 0 bridgehead atoms. The molecule has 1 saturated heterocycles. The third-order valence-electron chi connectivity index (χ3n) is 4.58. The summed E-state index contributed by atoms with van der Waals surface area (Å²) in [6, 6.07) is 3.96. The molecule has 1 heterocycles. The van der Waals surface area contributed by atoms with E-state index < -0.39 is 0 Å². The number of nitrogens with one attached hydrogen (secondary N) is 1. The highest BCUT2D eigenvalue weighted by molar-refractivity contribution is 5.03. The Bertz CT molecular complexity index is 297. The number of hydrogen-bond acceptors (Lipinski definition) is 3. The maximum Gasteiger partial charge on any atom is 0.103 e. The number of unbranched alkanes of at least 4 members (excludes halogenated alkanes) is 1. The van der Waals surface area contributed by atoms with Crippen LogP contribution < -0.4 is 5.32 Å². The molecule has 1 N–H and O–H groups in total. The van der Waals surface area contributed by atoms with E-state index in [1.165, 1.54) is 32.2 Å². The van der Waals surface area contributed by atoms with Gasteiger partial charge in [0.1, 0.15) is 5.54 Å². The van der Waals surface area contributed by atoms with Gasteiger partial charge in [-0.05, 0) is 65.5 Å². The number of nitrogens with zero attached hydrogens (tertiary/aromatic N) is 2. The number of likely N-dealkylation sites (tertiary alicyclic amines) is 1. The van der Waals surface area contributed by atoms with Crippen LogP contribution in [-0.2, 0) is 0 Å². The molecule has 0 aromatic rings. The number of rotatable bonds is 8. The molecule has 0 aromatic carbocycles. The Morgan fingerprint density at radius 3 is 2.63 bits per heavy atom. The fraction of sp³-hybridized carbons (Fsp3) is 0.938. The molecule has 0 spiro atoms. The van der Waals surface area contributed by atoms with E-state index in [9.17, 15) is 5.26 Å². The van der Waals surface area contributed by atoms with Gasteiger partial charge in [-0.3, -0.25) is 10.2 Å². The van der Waals surface area contributed by atoms with Gasteiger partial charge in [0, 0.05) is 12.1 Å². The van der Waals surface area contributed by atoms with Crippen LogP contribution in [0.25, 0.3) is 0 Å². The van der Waals surface area contributed by atoms with Crippen LogP contribution in [0.3, 0.4) is 0 Å². The van der Waals surface area contributed by atoms with Crippen molar-refractivity contribution in [3.8, 4) is 6.07 Å². The fourth-order valence-electron chi connectivity index (χ4n) is 3.31. The lowest BCUT2D eigenvalue weighted by Gasteiger charge is -2.28. The highest BCUT2D eigenvalue weighted by Gasteiger charge is 2.28. The summed E-state index contributed by atoms with van der Waals surface area (Å²) in [7, 11) is 0. The van der Waals surface area contributed by atoms with Crippen LogP contribution >= 0.6 is 0 Å². The molecule has 1 aliphatic rings. The van der Waals surface area contributed by atoms with Gasteiger partial charge in [-0.1, -0.05) is 13.8 Å². The molecule has 0 amide bonds. The van der Waals surface area contributed by atoms with E-state index >= 15 is 0 Å². The number of hydrogen-bond donors (Lipinski definition) is 1. The zero-order valence-electron chi connectivity index (χ0n) is 13.2. The van der Waals surface area contributed by atoms with Crippen molar-refractivity contribution in [2.45, 2.75) is 83.8 Å². The van der Waals surface area contributed by atoms with Gasteiger partial charge in [0.15, 0.2) is 0 Å². The Morgan fingerprint density at radius 1 is 1.32 bits per heavy atom. The van der Waals surface area contributed by atoms with Gasteiger partial charge in [-0.15, -0.1) is 0 Å². The smallest absolute Gasteiger partial charge is 0.103 e. The summed E-state index contributed by atoms with van der Waals surface area (Å²) < 4.78 is 0. The summed E-state index contributed by atoms with van der Waals surface area (Å²) in [6.07, 6.45) is 7.30. The first-order valence-electron chi connectivity index (χ1n) is 7.98. The van der Waals surface area contributed by atoms with E-state index in [1.807, 2.05) is 6.92 Å². The van der Waals surface area contributed by atoms with Crippen molar-refractivity contribution >= 4 is 0 Å². The van der Waals surface area contributed by atoms with Gasteiger partial charge in [-0.25, -0.2) is 0 Å². The molecule has 1 fully saturated rings. The lowest BCUT2D eigenvalue weighted by molar-refractivity contribution is 0.192. The molecule has 1 aliphatic heterocycles. The predicted molar refractivity (Wildman–Crippen MR) is 81.0 cm³/mol. The Labute approximate surface area is 119 Å². The minimum Gasteiger partial charge on any atom is -0.300 e. The fourth-order valence-corrected chi connectivity index (χ4v) is 3.31. The van der Waals surface area contributed by atoms with Crippen molar-refractivity contribution < 1.29 is 0 Å². The van der Waals surface area contributed by atoms with E-state index in [0.29, 0.717) is 0 Å². The summed E-state index contributed by atoms with van der Waals surface area (Å²) in [6.45, 7) is 10.8. The van der Waals surface area contributed by atoms with E-state index in [1.54, 1.807) is 0 Å². The summed E-state index contributed by atoms with van der Waals surface area (Å²) in [5.41, 5.74) is -0.338. The molecule has 110 valence electrons. The molecule has 0 saturated carbocycles.